The predicted molar refractivity (Wildman–Crippen MR) is 75.2 cm³/mol. The van der Waals surface area contributed by atoms with Gasteiger partial charge in [0.15, 0.2) is 5.78 Å². The highest BCUT2D eigenvalue weighted by atomic mass is 16.5. The molecule has 0 fully saturated rings. The lowest BCUT2D eigenvalue weighted by Crippen LogP contribution is -2.01. The molecule has 1 aromatic rings. The van der Waals surface area contributed by atoms with Crippen molar-refractivity contribution in [2.75, 3.05) is 6.61 Å². The largest absolute Gasteiger partial charge is 0.463 e. The van der Waals surface area contributed by atoms with Gasteiger partial charge in [-0.25, -0.2) is 4.79 Å². The third-order valence-electron chi connectivity index (χ3n) is 2.88. The first-order valence-corrected chi connectivity index (χ1v) is 6.52. The Hall–Kier alpha value is -1.90. The first kappa shape index (κ1) is 15.2. The molecule has 0 heterocycles. The van der Waals surface area contributed by atoms with Crippen LogP contribution in [0.2, 0.25) is 0 Å². The number of hydrogen-bond acceptors (Lipinski definition) is 3. The van der Waals surface area contributed by atoms with Gasteiger partial charge in [-0.15, -0.1) is 0 Å². The topological polar surface area (TPSA) is 43.4 Å². The summed E-state index contributed by atoms with van der Waals surface area (Å²) in [5.41, 5.74) is 1.98. The fourth-order valence-corrected chi connectivity index (χ4v) is 1.75. The second-order valence-electron chi connectivity index (χ2n) is 4.44. The van der Waals surface area contributed by atoms with Crippen molar-refractivity contribution in [2.24, 2.45) is 0 Å². The molecule has 3 heteroatoms. The van der Waals surface area contributed by atoms with Crippen molar-refractivity contribution < 1.29 is 14.3 Å². The van der Waals surface area contributed by atoms with E-state index in [2.05, 4.69) is 6.58 Å². The summed E-state index contributed by atoms with van der Waals surface area (Å²) in [6.45, 7) is 5.36. The summed E-state index contributed by atoms with van der Waals surface area (Å²) in [4.78, 5) is 21.9. The van der Waals surface area contributed by atoms with Gasteiger partial charge in [0.1, 0.15) is 0 Å². The van der Waals surface area contributed by atoms with Crippen molar-refractivity contribution in [2.45, 2.75) is 32.6 Å². The van der Waals surface area contributed by atoms with Gasteiger partial charge in [0.05, 0.1) is 6.61 Å². The van der Waals surface area contributed by atoms with Gasteiger partial charge in [0, 0.05) is 11.6 Å². The number of carbonyl (C=O) groups excluding carboxylic acids is 2. The van der Waals surface area contributed by atoms with Crippen LogP contribution in [0.15, 0.2) is 36.9 Å². The Kier molecular flexibility index (Phi) is 6.58. The van der Waals surface area contributed by atoms with E-state index in [9.17, 15) is 9.59 Å². The van der Waals surface area contributed by atoms with Crippen molar-refractivity contribution in [3.63, 3.8) is 0 Å². The zero-order valence-corrected chi connectivity index (χ0v) is 11.4. The lowest BCUT2D eigenvalue weighted by atomic mass is 10.0. The predicted octanol–water partition coefficient (Wildman–Crippen LogP) is 3.33. The molecule has 0 aromatic heterocycles. The number of esters is 1. The van der Waals surface area contributed by atoms with Gasteiger partial charge in [-0.3, -0.25) is 4.79 Å². The lowest BCUT2D eigenvalue weighted by molar-refractivity contribution is -0.137. The average molecular weight is 260 g/mol. The van der Waals surface area contributed by atoms with Crippen molar-refractivity contribution in [3.05, 3.63) is 48.0 Å². The summed E-state index contributed by atoms with van der Waals surface area (Å²) in [6, 6.07) is 7.72. The summed E-state index contributed by atoms with van der Waals surface area (Å²) in [5, 5.41) is 0. The smallest absolute Gasteiger partial charge is 0.330 e. The summed E-state index contributed by atoms with van der Waals surface area (Å²) in [7, 11) is 0. The fraction of sp³-hybridized carbons (Fsp3) is 0.375. The highest BCUT2D eigenvalue weighted by Crippen LogP contribution is 2.09. The molecule has 0 amide bonds. The molecule has 102 valence electrons. The second kappa shape index (κ2) is 8.25. The first-order chi connectivity index (χ1) is 9.13. The molecule has 1 aromatic carbocycles. The first-order valence-electron chi connectivity index (χ1n) is 6.52. The van der Waals surface area contributed by atoms with E-state index in [1.165, 1.54) is 11.6 Å². The van der Waals surface area contributed by atoms with E-state index < -0.39 is 0 Å². The van der Waals surface area contributed by atoms with Gasteiger partial charge in [0.2, 0.25) is 0 Å². The van der Waals surface area contributed by atoms with E-state index >= 15 is 0 Å². The van der Waals surface area contributed by atoms with Gasteiger partial charge in [-0.05, 0) is 38.2 Å². The third-order valence-corrected chi connectivity index (χ3v) is 2.88. The average Bonchev–Trinajstić information content (AvgIpc) is 2.42. The number of benzene rings is 1. The summed E-state index contributed by atoms with van der Waals surface area (Å²) < 4.78 is 4.89. The number of aryl methyl sites for hydroxylation is 1. The standard InChI is InChI=1S/C16H20O3/c1-3-16(18)19-12-6-4-5-7-14-8-10-15(11-9-14)13(2)17/h3,8-11H,1,4-7,12H2,2H3. The Morgan fingerprint density at radius 2 is 1.84 bits per heavy atom. The van der Waals surface area contributed by atoms with Crippen LogP contribution in [0.25, 0.3) is 0 Å². The fourth-order valence-electron chi connectivity index (χ4n) is 1.75. The molecule has 0 saturated carbocycles. The molecule has 0 radical (unpaired) electrons. The maximum Gasteiger partial charge on any atom is 0.330 e. The molecule has 0 aliphatic heterocycles. The molecule has 1 rings (SSSR count). The Morgan fingerprint density at radius 3 is 2.42 bits per heavy atom. The third kappa shape index (κ3) is 6.00. The second-order valence-corrected chi connectivity index (χ2v) is 4.44. The monoisotopic (exact) mass is 260 g/mol. The van der Waals surface area contributed by atoms with E-state index in [0.717, 1.165) is 31.2 Å². The molecule has 0 aliphatic rings. The molecule has 0 unspecified atom stereocenters. The van der Waals surface area contributed by atoms with E-state index in [1.54, 1.807) is 6.92 Å². The van der Waals surface area contributed by atoms with Crippen LogP contribution in [0.1, 0.15) is 42.1 Å². The number of ketones is 1. The molecular formula is C16H20O3. The van der Waals surface area contributed by atoms with E-state index in [4.69, 9.17) is 4.74 Å². The maximum atomic E-state index is 11.1. The minimum absolute atomic E-state index is 0.0931. The van der Waals surface area contributed by atoms with Crippen LogP contribution >= 0.6 is 0 Å². The minimum atomic E-state index is -0.361. The van der Waals surface area contributed by atoms with Crippen molar-refractivity contribution in [3.8, 4) is 0 Å². The number of hydrogen-bond donors (Lipinski definition) is 0. The quantitative estimate of drug-likeness (QED) is 0.311. The minimum Gasteiger partial charge on any atom is -0.463 e. The van der Waals surface area contributed by atoms with Crippen LogP contribution in [0.5, 0.6) is 0 Å². The van der Waals surface area contributed by atoms with Crippen LogP contribution in [0, 0.1) is 0 Å². The Morgan fingerprint density at radius 1 is 1.16 bits per heavy atom. The zero-order chi connectivity index (χ0) is 14.1. The Bertz CT molecular complexity index is 432. The summed E-state index contributed by atoms with van der Waals surface area (Å²) in [6.07, 6.45) is 5.08. The number of rotatable bonds is 8. The van der Waals surface area contributed by atoms with E-state index in [1.807, 2.05) is 24.3 Å². The van der Waals surface area contributed by atoms with Crippen molar-refractivity contribution >= 4 is 11.8 Å². The van der Waals surface area contributed by atoms with Crippen molar-refractivity contribution in [1.29, 1.82) is 0 Å². The number of Topliss-reactive ketones (excluding diaryl/α,β-unsaturated/α-hetero) is 1. The summed E-state index contributed by atoms with van der Waals surface area (Å²) in [5.74, 6) is -0.268. The van der Waals surface area contributed by atoms with Crippen LogP contribution < -0.4 is 0 Å². The summed E-state index contributed by atoms with van der Waals surface area (Å²) >= 11 is 0. The van der Waals surface area contributed by atoms with Crippen LogP contribution in [-0.2, 0) is 16.0 Å². The van der Waals surface area contributed by atoms with Gasteiger partial charge in [0.25, 0.3) is 0 Å². The van der Waals surface area contributed by atoms with Gasteiger partial charge >= 0.3 is 5.97 Å². The molecule has 3 nitrogen and oxygen atoms in total. The molecule has 19 heavy (non-hydrogen) atoms. The van der Waals surface area contributed by atoms with Crippen LogP contribution in [0.4, 0.5) is 0 Å². The highest BCUT2D eigenvalue weighted by Gasteiger charge is 1.99. The van der Waals surface area contributed by atoms with Crippen molar-refractivity contribution in [1.82, 2.24) is 0 Å². The van der Waals surface area contributed by atoms with Crippen LogP contribution in [0.3, 0.4) is 0 Å². The lowest BCUT2D eigenvalue weighted by Gasteiger charge is -2.03. The molecule has 0 N–H and O–H groups in total. The molecule has 0 spiro atoms. The number of carbonyl (C=O) groups is 2. The Balaban J connectivity index is 2.17. The maximum absolute atomic E-state index is 11.1. The normalized spacial score (nSPS) is 9.95. The highest BCUT2D eigenvalue weighted by molar-refractivity contribution is 5.93. The SMILES string of the molecule is C=CC(=O)OCCCCCc1ccc(C(C)=O)cc1. The van der Waals surface area contributed by atoms with Crippen LogP contribution in [-0.4, -0.2) is 18.4 Å². The van der Waals surface area contributed by atoms with E-state index in [0.29, 0.717) is 6.61 Å². The molecular weight excluding hydrogens is 240 g/mol. The molecule has 0 atom stereocenters. The van der Waals surface area contributed by atoms with Gasteiger partial charge in [-0.1, -0.05) is 30.8 Å². The zero-order valence-electron chi connectivity index (χ0n) is 11.4. The number of ether oxygens (including phenoxy) is 1. The molecule has 0 bridgehead atoms. The van der Waals surface area contributed by atoms with Gasteiger partial charge in [-0.2, -0.15) is 0 Å². The van der Waals surface area contributed by atoms with E-state index in [-0.39, 0.29) is 11.8 Å². The Labute approximate surface area is 114 Å². The molecule has 0 aliphatic carbocycles. The number of unbranched alkanes of at least 4 members (excludes halogenated alkanes) is 2. The molecule has 0 saturated heterocycles. The van der Waals surface area contributed by atoms with Gasteiger partial charge < -0.3 is 4.74 Å².